The second-order valence-corrected chi connectivity index (χ2v) is 9.54. The number of carbonyl (C=O) groups is 2. The van der Waals surface area contributed by atoms with Crippen molar-refractivity contribution in [1.29, 1.82) is 0 Å². The van der Waals surface area contributed by atoms with Crippen LogP contribution in [0, 0.1) is 5.92 Å². The Labute approximate surface area is 213 Å². The standard InChI is InChI=1S/C25H24Cl2N4O4/c1-15-13-28-31(25(33)29-15)18-11-21(26)23(22(27)12-18)35-19-2-3-20-17(10-19)4-7-30(24(20)32)14-16-5-8-34-9-6-16/h2-3,10-13,16H,1,4-9,14H2,(H,29,33). The Hall–Kier alpha value is -3.07. The SMILES string of the molecule is C=C1C=NN(c2cc(Cl)c(Oc3ccc4c(c3)CCN(CC3CCOCC3)C4=O)c(Cl)c2)C(=O)N1. The van der Waals surface area contributed by atoms with E-state index in [0.717, 1.165) is 49.6 Å². The van der Waals surface area contributed by atoms with Gasteiger partial charge in [0.05, 0.1) is 27.6 Å². The third kappa shape index (κ3) is 5.00. The molecule has 182 valence electrons. The Balaban J connectivity index is 1.32. The molecule has 1 N–H and O–H groups in total. The number of nitrogens with one attached hydrogen (secondary N) is 1. The van der Waals surface area contributed by atoms with E-state index in [1.807, 2.05) is 11.0 Å². The van der Waals surface area contributed by atoms with Crippen LogP contribution >= 0.6 is 23.2 Å². The lowest BCUT2D eigenvalue weighted by molar-refractivity contribution is 0.0449. The summed E-state index contributed by atoms with van der Waals surface area (Å²) in [6.45, 7) is 6.62. The van der Waals surface area contributed by atoms with E-state index in [2.05, 4.69) is 17.0 Å². The zero-order valence-electron chi connectivity index (χ0n) is 18.9. The molecule has 1 saturated heterocycles. The highest BCUT2D eigenvalue weighted by Gasteiger charge is 2.28. The van der Waals surface area contributed by atoms with Gasteiger partial charge in [-0.2, -0.15) is 10.1 Å². The predicted octanol–water partition coefficient (Wildman–Crippen LogP) is 5.24. The fourth-order valence-corrected chi connectivity index (χ4v) is 5.01. The number of fused-ring (bicyclic) bond motifs is 1. The number of carbonyl (C=O) groups excluding carboxylic acids is 2. The molecule has 35 heavy (non-hydrogen) atoms. The van der Waals surface area contributed by atoms with Crippen LogP contribution in [0.25, 0.3) is 0 Å². The second-order valence-electron chi connectivity index (χ2n) is 8.73. The van der Waals surface area contributed by atoms with Crippen LogP contribution in [0.15, 0.2) is 47.7 Å². The molecule has 0 saturated carbocycles. The van der Waals surface area contributed by atoms with Crippen LogP contribution in [0.1, 0.15) is 28.8 Å². The van der Waals surface area contributed by atoms with Crippen molar-refractivity contribution >= 4 is 47.0 Å². The first-order valence-corrected chi connectivity index (χ1v) is 12.2. The number of hydrogen-bond acceptors (Lipinski definition) is 5. The van der Waals surface area contributed by atoms with Gasteiger partial charge in [-0.15, -0.1) is 0 Å². The topological polar surface area (TPSA) is 83.5 Å². The summed E-state index contributed by atoms with van der Waals surface area (Å²) in [5, 5.41) is 8.19. The zero-order valence-corrected chi connectivity index (χ0v) is 20.4. The highest BCUT2D eigenvalue weighted by atomic mass is 35.5. The maximum absolute atomic E-state index is 13.1. The predicted molar refractivity (Wildman–Crippen MR) is 135 cm³/mol. The van der Waals surface area contributed by atoms with Gasteiger partial charge in [0.25, 0.3) is 5.91 Å². The lowest BCUT2D eigenvalue weighted by Gasteiger charge is -2.33. The first kappa shape index (κ1) is 23.7. The van der Waals surface area contributed by atoms with Crippen molar-refractivity contribution in [2.45, 2.75) is 19.3 Å². The van der Waals surface area contributed by atoms with Crippen LogP contribution < -0.4 is 15.1 Å². The molecule has 0 atom stereocenters. The van der Waals surface area contributed by atoms with Crippen LogP contribution in [-0.4, -0.2) is 49.4 Å². The van der Waals surface area contributed by atoms with Crippen LogP contribution in [0.4, 0.5) is 10.5 Å². The first-order chi connectivity index (χ1) is 16.9. The van der Waals surface area contributed by atoms with E-state index in [1.54, 1.807) is 24.3 Å². The van der Waals surface area contributed by atoms with Gasteiger partial charge in [0.15, 0.2) is 5.75 Å². The number of amides is 3. The summed E-state index contributed by atoms with van der Waals surface area (Å²) in [6.07, 6.45) is 4.16. The molecule has 0 aromatic heterocycles. The molecule has 2 aromatic carbocycles. The molecule has 0 unspecified atom stereocenters. The number of hydrazone groups is 1. The maximum atomic E-state index is 13.1. The zero-order chi connectivity index (χ0) is 24.5. The second kappa shape index (κ2) is 9.89. The summed E-state index contributed by atoms with van der Waals surface area (Å²) >= 11 is 12.9. The van der Waals surface area contributed by atoms with Crippen LogP contribution in [0.5, 0.6) is 11.5 Å². The summed E-state index contributed by atoms with van der Waals surface area (Å²) in [5.74, 6) is 1.32. The van der Waals surface area contributed by atoms with Crippen LogP contribution in [0.3, 0.4) is 0 Å². The van der Waals surface area contributed by atoms with Crippen LogP contribution in [-0.2, 0) is 11.2 Å². The van der Waals surface area contributed by atoms with Gasteiger partial charge < -0.3 is 19.7 Å². The van der Waals surface area contributed by atoms with E-state index in [0.29, 0.717) is 35.2 Å². The summed E-state index contributed by atoms with van der Waals surface area (Å²) in [7, 11) is 0. The monoisotopic (exact) mass is 514 g/mol. The number of ether oxygens (including phenoxy) is 2. The first-order valence-electron chi connectivity index (χ1n) is 11.4. The summed E-state index contributed by atoms with van der Waals surface area (Å²) in [6, 6.07) is 8.01. The van der Waals surface area contributed by atoms with Gasteiger partial charge in [-0.3, -0.25) is 4.79 Å². The molecular weight excluding hydrogens is 491 g/mol. The number of hydrogen-bond donors (Lipinski definition) is 1. The molecule has 3 heterocycles. The van der Waals surface area contributed by atoms with Gasteiger partial charge >= 0.3 is 6.03 Å². The Bertz CT molecular complexity index is 1200. The van der Waals surface area contributed by atoms with Gasteiger partial charge in [0, 0.05) is 31.9 Å². The maximum Gasteiger partial charge on any atom is 0.347 e. The average Bonchev–Trinajstić information content (AvgIpc) is 2.84. The van der Waals surface area contributed by atoms with E-state index in [1.165, 1.54) is 6.21 Å². The highest BCUT2D eigenvalue weighted by Crippen LogP contribution is 2.40. The molecule has 5 rings (SSSR count). The van der Waals surface area contributed by atoms with E-state index < -0.39 is 6.03 Å². The number of benzene rings is 2. The molecule has 3 amide bonds. The van der Waals surface area contributed by atoms with Crippen LogP contribution in [0.2, 0.25) is 10.0 Å². The third-order valence-electron chi connectivity index (χ3n) is 6.30. The summed E-state index contributed by atoms with van der Waals surface area (Å²) < 4.78 is 11.4. The number of rotatable bonds is 5. The molecule has 0 aliphatic carbocycles. The van der Waals surface area contributed by atoms with E-state index in [9.17, 15) is 9.59 Å². The van der Waals surface area contributed by atoms with Crippen molar-refractivity contribution in [3.8, 4) is 11.5 Å². The van der Waals surface area contributed by atoms with Crippen molar-refractivity contribution in [3.63, 3.8) is 0 Å². The molecule has 0 radical (unpaired) electrons. The van der Waals surface area contributed by atoms with Gasteiger partial charge in [-0.25, -0.2) is 4.79 Å². The number of allylic oxidation sites excluding steroid dienone is 1. The minimum Gasteiger partial charge on any atom is -0.454 e. The lowest BCUT2D eigenvalue weighted by Crippen LogP contribution is -2.41. The minimum atomic E-state index is -0.469. The quantitative estimate of drug-likeness (QED) is 0.591. The Morgan fingerprint density at radius 2 is 1.89 bits per heavy atom. The summed E-state index contributed by atoms with van der Waals surface area (Å²) in [5.41, 5.74) is 2.40. The van der Waals surface area contributed by atoms with Crippen molar-refractivity contribution in [3.05, 3.63) is 63.8 Å². The molecule has 8 nitrogen and oxygen atoms in total. The molecule has 10 heteroatoms. The Morgan fingerprint density at radius 1 is 1.14 bits per heavy atom. The van der Waals surface area contributed by atoms with Gasteiger partial charge in [-0.1, -0.05) is 29.8 Å². The number of halogens is 2. The Morgan fingerprint density at radius 3 is 2.60 bits per heavy atom. The third-order valence-corrected chi connectivity index (χ3v) is 6.86. The smallest absolute Gasteiger partial charge is 0.347 e. The van der Waals surface area contributed by atoms with E-state index >= 15 is 0 Å². The van der Waals surface area contributed by atoms with Crippen molar-refractivity contribution in [2.24, 2.45) is 11.0 Å². The van der Waals surface area contributed by atoms with Gasteiger partial charge in [-0.05, 0) is 61.1 Å². The number of anilines is 1. The lowest BCUT2D eigenvalue weighted by atomic mass is 9.95. The number of nitrogens with zero attached hydrogens (tertiary/aromatic N) is 3. The highest BCUT2D eigenvalue weighted by molar-refractivity contribution is 6.37. The average molecular weight is 515 g/mol. The minimum absolute atomic E-state index is 0.0488. The van der Waals surface area contributed by atoms with Crippen molar-refractivity contribution in [1.82, 2.24) is 10.2 Å². The normalized spacial score (nSPS) is 18.5. The summed E-state index contributed by atoms with van der Waals surface area (Å²) in [4.78, 5) is 27.2. The van der Waals surface area contributed by atoms with E-state index in [-0.39, 0.29) is 21.7 Å². The molecule has 0 bridgehead atoms. The molecule has 0 spiro atoms. The molecule has 3 aliphatic heterocycles. The molecule has 2 aromatic rings. The van der Waals surface area contributed by atoms with Gasteiger partial charge in [0.1, 0.15) is 5.75 Å². The van der Waals surface area contributed by atoms with E-state index in [4.69, 9.17) is 32.7 Å². The largest absolute Gasteiger partial charge is 0.454 e. The number of urea groups is 1. The van der Waals surface area contributed by atoms with Crippen molar-refractivity contribution in [2.75, 3.05) is 31.3 Å². The molecule has 1 fully saturated rings. The molecular formula is C25H24Cl2N4O4. The van der Waals surface area contributed by atoms with Crippen molar-refractivity contribution < 1.29 is 19.1 Å². The molecule has 3 aliphatic rings. The fourth-order valence-electron chi connectivity index (χ4n) is 4.46. The Kier molecular flexibility index (Phi) is 6.69. The fraction of sp³-hybridized carbons (Fsp3) is 0.320. The van der Waals surface area contributed by atoms with Gasteiger partial charge in [0.2, 0.25) is 0 Å².